The van der Waals surface area contributed by atoms with Crippen LogP contribution in [0, 0.1) is 13.8 Å². The number of aryl methyl sites for hydroxylation is 2. The summed E-state index contributed by atoms with van der Waals surface area (Å²) in [5.74, 6) is -0.426. The molecule has 1 heterocycles. The van der Waals surface area contributed by atoms with E-state index in [9.17, 15) is 13.2 Å². The highest BCUT2D eigenvalue weighted by Gasteiger charge is 2.23. The van der Waals surface area contributed by atoms with Gasteiger partial charge in [-0.05, 0) is 20.8 Å². The molecule has 1 aromatic heterocycles. The van der Waals surface area contributed by atoms with Crippen LogP contribution in [-0.2, 0) is 26.6 Å². The van der Waals surface area contributed by atoms with E-state index in [1.54, 1.807) is 27.8 Å². The van der Waals surface area contributed by atoms with Crippen LogP contribution in [0.3, 0.4) is 0 Å². The Bertz CT molecular complexity index is 563. The van der Waals surface area contributed by atoms with Gasteiger partial charge in [-0.25, -0.2) is 13.1 Å². The van der Waals surface area contributed by atoms with E-state index in [4.69, 9.17) is 4.74 Å². The van der Waals surface area contributed by atoms with E-state index in [0.717, 1.165) is 0 Å². The number of nitrogens with one attached hydrogen (secondary N) is 1. The van der Waals surface area contributed by atoms with Gasteiger partial charge in [-0.15, -0.1) is 0 Å². The van der Waals surface area contributed by atoms with Crippen LogP contribution in [0.2, 0.25) is 0 Å². The second-order valence-corrected chi connectivity index (χ2v) is 5.78. The van der Waals surface area contributed by atoms with Crippen LogP contribution in [0.15, 0.2) is 4.90 Å². The summed E-state index contributed by atoms with van der Waals surface area (Å²) in [7, 11) is -1.97. The van der Waals surface area contributed by atoms with Crippen molar-refractivity contribution in [1.29, 1.82) is 0 Å². The number of carbonyl (C=O) groups is 1. The fourth-order valence-corrected chi connectivity index (χ4v) is 3.20. The van der Waals surface area contributed by atoms with Crippen molar-refractivity contribution in [2.45, 2.75) is 32.1 Å². The molecule has 8 heteroatoms. The van der Waals surface area contributed by atoms with E-state index in [1.807, 2.05) is 0 Å². The second-order valence-electron chi connectivity index (χ2n) is 4.08. The number of hydrogen-bond acceptors (Lipinski definition) is 5. The highest BCUT2D eigenvalue weighted by Crippen LogP contribution is 2.17. The summed E-state index contributed by atoms with van der Waals surface area (Å²) >= 11 is 0. The van der Waals surface area contributed by atoms with Gasteiger partial charge in [0.05, 0.1) is 24.4 Å². The lowest BCUT2D eigenvalue weighted by Gasteiger charge is -2.07. The number of nitrogens with zero attached hydrogens (tertiary/aromatic N) is 2. The summed E-state index contributed by atoms with van der Waals surface area (Å²) in [6.45, 7) is 5.30. The molecule has 0 aliphatic carbocycles. The predicted molar refractivity (Wildman–Crippen MR) is 69.1 cm³/mol. The standard InChI is InChI=1S/C11H19N3O4S/c1-5-18-10(15)6-7-12-19(16,17)11-8(2)13-14(4)9(11)3/h12H,5-7H2,1-4H3. The zero-order chi connectivity index (χ0) is 14.6. The van der Waals surface area contributed by atoms with Crippen molar-refractivity contribution in [2.75, 3.05) is 13.2 Å². The zero-order valence-electron chi connectivity index (χ0n) is 11.6. The molecule has 1 N–H and O–H groups in total. The number of esters is 1. The maximum Gasteiger partial charge on any atom is 0.307 e. The first kappa shape index (κ1) is 15.6. The van der Waals surface area contributed by atoms with Crippen LogP contribution in [0.4, 0.5) is 0 Å². The maximum atomic E-state index is 12.1. The number of sulfonamides is 1. The Kier molecular flexibility index (Phi) is 5.07. The van der Waals surface area contributed by atoms with Gasteiger partial charge in [-0.2, -0.15) is 5.10 Å². The molecule has 7 nitrogen and oxygen atoms in total. The fraction of sp³-hybridized carbons (Fsp3) is 0.636. The molecule has 0 amide bonds. The zero-order valence-corrected chi connectivity index (χ0v) is 12.4. The lowest BCUT2D eigenvalue weighted by Crippen LogP contribution is -2.27. The minimum Gasteiger partial charge on any atom is -0.466 e. The van der Waals surface area contributed by atoms with Crippen molar-refractivity contribution in [1.82, 2.24) is 14.5 Å². The largest absolute Gasteiger partial charge is 0.466 e. The molecule has 0 aliphatic heterocycles. The first-order valence-corrected chi connectivity index (χ1v) is 7.43. The van der Waals surface area contributed by atoms with Gasteiger partial charge in [-0.1, -0.05) is 0 Å². The molecule has 0 fully saturated rings. The van der Waals surface area contributed by atoms with Gasteiger partial charge < -0.3 is 4.74 Å². The van der Waals surface area contributed by atoms with Crippen molar-refractivity contribution in [3.8, 4) is 0 Å². The van der Waals surface area contributed by atoms with E-state index in [0.29, 0.717) is 11.4 Å². The molecular weight excluding hydrogens is 270 g/mol. The molecule has 0 saturated carbocycles. The first-order valence-electron chi connectivity index (χ1n) is 5.95. The molecule has 0 unspecified atom stereocenters. The SMILES string of the molecule is CCOC(=O)CCNS(=O)(=O)c1c(C)nn(C)c1C. The molecule has 0 aliphatic rings. The van der Waals surface area contributed by atoms with Crippen molar-refractivity contribution < 1.29 is 17.9 Å². The van der Waals surface area contributed by atoms with Crippen LogP contribution in [0.25, 0.3) is 0 Å². The summed E-state index contributed by atoms with van der Waals surface area (Å²) in [5, 5.41) is 4.06. The van der Waals surface area contributed by atoms with Crippen molar-refractivity contribution >= 4 is 16.0 Å². The minimum absolute atomic E-state index is 0.00538. The molecule has 0 atom stereocenters. The molecule has 0 saturated heterocycles. The van der Waals surface area contributed by atoms with E-state index >= 15 is 0 Å². The lowest BCUT2D eigenvalue weighted by atomic mass is 10.4. The lowest BCUT2D eigenvalue weighted by molar-refractivity contribution is -0.142. The maximum absolute atomic E-state index is 12.1. The quantitative estimate of drug-likeness (QED) is 0.759. The van der Waals surface area contributed by atoms with Gasteiger partial charge in [0.15, 0.2) is 0 Å². The average molecular weight is 289 g/mol. The molecule has 1 aromatic rings. The molecular formula is C11H19N3O4S. The van der Waals surface area contributed by atoms with Crippen LogP contribution < -0.4 is 4.72 Å². The molecule has 108 valence electrons. The Labute approximate surface area is 113 Å². The summed E-state index contributed by atoms with van der Waals surface area (Å²) in [6.07, 6.45) is 0.00538. The molecule has 1 rings (SSSR count). The van der Waals surface area contributed by atoms with E-state index < -0.39 is 16.0 Å². The molecule has 0 aromatic carbocycles. The Balaban J connectivity index is 2.74. The highest BCUT2D eigenvalue weighted by molar-refractivity contribution is 7.89. The molecule has 0 spiro atoms. The van der Waals surface area contributed by atoms with E-state index in [-0.39, 0.29) is 24.5 Å². The van der Waals surface area contributed by atoms with Gasteiger partial charge in [0.25, 0.3) is 0 Å². The van der Waals surface area contributed by atoms with E-state index in [2.05, 4.69) is 9.82 Å². The van der Waals surface area contributed by atoms with Gasteiger partial charge in [0.2, 0.25) is 10.0 Å². The van der Waals surface area contributed by atoms with Crippen LogP contribution in [0.1, 0.15) is 24.7 Å². The Hall–Kier alpha value is -1.41. The Morgan fingerprint density at radius 1 is 1.42 bits per heavy atom. The molecule has 0 bridgehead atoms. The van der Waals surface area contributed by atoms with Crippen molar-refractivity contribution in [3.05, 3.63) is 11.4 Å². The normalized spacial score (nSPS) is 11.6. The number of carbonyl (C=O) groups excluding carboxylic acids is 1. The minimum atomic E-state index is -3.65. The summed E-state index contributed by atoms with van der Waals surface area (Å²) in [5.41, 5.74) is 0.991. The van der Waals surface area contributed by atoms with Crippen molar-refractivity contribution in [2.24, 2.45) is 7.05 Å². The fourth-order valence-electron chi connectivity index (χ4n) is 1.74. The van der Waals surface area contributed by atoms with Crippen LogP contribution in [0.5, 0.6) is 0 Å². The van der Waals surface area contributed by atoms with Gasteiger partial charge in [-0.3, -0.25) is 9.48 Å². The number of aromatic nitrogens is 2. The second kappa shape index (κ2) is 6.16. The smallest absolute Gasteiger partial charge is 0.307 e. The summed E-state index contributed by atoms with van der Waals surface area (Å²) in [6, 6.07) is 0. The average Bonchev–Trinajstić information content (AvgIpc) is 2.53. The van der Waals surface area contributed by atoms with Crippen molar-refractivity contribution in [3.63, 3.8) is 0 Å². The summed E-state index contributed by atoms with van der Waals surface area (Å²) < 4.78 is 32.8. The number of hydrogen-bond donors (Lipinski definition) is 1. The van der Waals surface area contributed by atoms with Gasteiger partial charge in [0, 0.05) is 13.6 Å². The van der Waals surface area contributed by atoms with E-state index in [1.165, 1.54) is 4.68 Å². The summed E-state index contributed by atoms with van der Waals surface area (Å²) in [4.78, 5) is 11.3. The highest BCUT2D eigenvalue weighted by atomic mass is 32.2. The van der Waals surface area contributed by atoms with Gasteiger partial charge >= 0.3 is 5.97 Å². The number of rotatable bonds is 6. The van der Waals surface area contributed by atoms with Gasteiger partial charge in [0.1, 0.15) is 4.90 Å². The van der Waals surface area contributed by atoms with Crippen LogP contribution >= 0.6 is 0 Å². The third-order valence-corrected chi connectivity index (χ3v) is 4.35. The Morgan fingerprint density at radius 2 is 2.05 bits per heavy atom. The third kappa shape index (κ3) is 3.77. The number of ether oxygens (including phenoxy) is 1. The Morgan fingerprint density at radius 3 is 2.53 bits per heavy atom. The topological polar surface area (TPSA) is 90.3 Å². The molecule has 19 heavy (non-hydrogen) atoms. The monoisotopic (exact) mass is 289 g/mol. The molecule has 0 radical (unpaired) electrons. The first-order chi connectivity index (χ1) is 8.79. The van der Waals surface area contributed by atoms with Crippen LogP contribution in [-0.4, -0.2) is 37.3 Å². The third-order valence-electron chi connectivity index (χ3n) is 2.64. The predicted octanol–water partition coefficient (Wildman–Crippen LogP) is 0.268.